The number of fused-ring (bicyclic) bond motifs is 3. The number of phenols is 1. The molecule has 2 N–H and O–H groups in total. The molecule has 2 amide bonds. The summed E-state index contributed by atoms with van der Waals surface area (Å²) in [4.78, 5) is 29.7. The maximum atomic E-state index is 14.7. The van der Waals surface area contributed by atoms with Gasteiger partial charge in [0, 0.05) is 0 Å². The number of amides is 2. The highest BCUT2D eigenvalue weighted by atomic mass is 127. The van der Waals surface area contributed by atoms with Crippen molar-refractivity contribution in [2.24, 2.45) is 17.8 Å². The van der Waals surface area contributed by atoms with Gasteiger partial charge in [0.15, 0.2) is 11.5 Å². The summed E-state index contributed by atoms with van der Waals surface area (Å²) in [5.41, 5.74) is -1.06. The van der Waals surface area contributed by atoms with E-state index in [1.807, 2.05) is 102 Å². The van der Waals surface area contributed by atoms with Crippen LogP contribution < -0.4 is 20.0 Å². The van der Waals surface area contributed by atoms with E-state index in [1.54, 1.807) is 6.07 Å². The molecule has 4 aromatic carbocycles. The zero-order valence-corrected chi connectivity index (χ0v) is 40.3. The molecular weight excluding hydrogens is 994 g/mol. The highest BCUT2D eigenvalue weighted by Gasteiger charge is 2.59. The highest BCUT2D eigenvalue weighted by Crippen LogP contribution is 2.53. The molecule has 2 saturated heterocycles. The minimum Gasteiger partial charge on any atom is -0.504 e. The quantitative estimate of drug-likeness (QED) is 0.0452. The first-order chi connectivity index (χ1) is 31.1. The Hall–Kier alpha value is -4.43. The molecule has 0 bridgehead atoms. The smallest absolute Gasteiger partial charge is 0.455 e. The summed E-state index contributed by atoms with van der Waals surface area (Å²) in [5.74, 6) is -4.81. The minimum absolute atomic E-state index is 0.0191. The van der Waals surface area contributed by atoms with Gasteiger partial charge in [-0.05, 0) is 123 Å². The van der Waals surface area contributed by atoms with Crippen molar-refractivity contribution >= 4 is 72.0 Å². The predicted octanol–water partition coefficient (Wildman–Crippen LogP) is 10.6. The molecule has 17 heteroatoms. The minimum atomic E-state index is -5.22. The number of hydrogen-bond donors (Lipinski definition) is 2. The molecular formula is C49H51BF6INO7Si. The number of hydrogen-bond acceptors (Lipinski definition) is 7. The van der Waals surface area contributed by atoms with E-state index in [0.717, 1.165) is 27.9 Å². The van der Waals surface area contributed by atoms with E-state index in [9.17, 15) is 46.1 Å². The molecule has 0 spiro atoms. The van der Waals surface area contributed by atoms with E-state index in [0.29, 0.717) is 56.8 Å². The summed E-state index contributed by atoms with van der Waals surface area (Å²) in [6.07, 6.45) is -7.23. The number of imide groups is 1. The predicted molar refractivity (Wildman–Crippen MR) is 252 cm³/mol. The number of rotatable bonds is 13. The molecule has 2 heterocycles. The summed E-state index contributed by atoms with van der Waals surface area (Å²) in [6.45, 7) is 8.31. The van der Waals surface area contributed by atoms with Gasteiger partial charge in [0.05, 0.1) is 52.0 Å². The topological polar surface area (TPSA) is 106 Å². The fourth-order valence-corrected chi connectivity index (χ4v) is 15.3. The number of carbonyl (C=O) groups is 2. The van der Waals surface area contributed by atoms with Gasteiger partial charge >= 0.3 is 19.5 Å². The highest BCUT2D eigenvalue weighted by molar-refractivity contribution is 14.1. The SMILES string of the molecule is CCC/C(=C\c1cc(I)c(O)c(OC)c1)CC[C@H]1OB(O)C[C@H]2C1=C(CO[Si](c1ccccc1)(c1ccccc1)C(C)(C)C)C[C@H]1C(=O)N(c3cc(C(F)(F)F)cc(C(F)(F)F)c3)C(=O)[C@H]12. The van der Waals surface area contributed by atoms with Crippen LogP contribution in [0, 0.1) is 21.3 Å². The van der Waals surface area contributed by atoms with E-state index < -0.39 is 85.3 Å². The molecule has 4 aromatic rings. The van der Waals surface area contributed by atoms with Crippen molar-refractivity contribution in [3.05, 3.63) is 128 Å². The number of benzene rings is 4. The van der Waals surface area contributed by atoms with Crippen molar-refractivity contribution in [2.45, 2.75) is 89.6 Å². The zero-order valence-electron chi connectivity index (χ0n) is 37.1. The second-order valence-corrected chi connectivity index (χ2v) is 23.7. The lowest BCUT2D eigenvalue weighted by Gasteiger charge is -2.46. The van der Waals surface area contributed by atoms with Crippen LogP contribution in [0.25, 0.3) is 6.08 Å². The molecule has 0 saturated carbocycles. The van der Waals surface area contributed by atoms with Gasteiger partial charge in [0.25, 0.3) is 8.32 Å². The fraction of sp³-hybridized carbons (Fsp3) is 0.388. The first-order valence-corrected chi connectivity index (χ1v) is 24.8. The van der Waals surface area contributed by atoms with E-state index in [4.69, 9.17) is 13.8 Å². The Morgan fingerprint density at radius 3 is 2.00 bits per heavy atom. The molecule has 3 aliphatic rings. The van der Waals surface area contributed by atoms with E-state index >= 15 is 0 Å². The lowest BCUT2D eigenvalue weighted by atomic mass is 9.58. The fourth-order valence-electron chi connectivity index (χ4n) is 10.2. The van der Waals surface area contributed by atoms with Crippen LogP contribution in [0.5, 0.6) is 11.5 Å². The Morgan fingerprint density at radius 1 is 0.879 bits per heavy atom. The maximum Gasteiger partial charge on any atom is 0.455 e. The van der Waals surface area contributed by atoms with Gasteiger partial charge in [-0.3, -0.25) is 9.59 Å². The van der Waals surface area contributed by atoms with Crippen LogP contribution in [0.1, 0.15) is 76.5 Å². The monoisotopic (exact) mass is 1050 g/mol. The van der Waals surface area contributed by atoms with Gasteiger partial charge in [-0.25, -0.2) is 4.90 Å². The van der Waals surface area contributed by atoms with Crippen LogP contribution >= 0.6 is 22.6 Å². The van der Waals surface area contributed by atoms with Crippen molar-refractivity contribution in [3.8, 4) is 11.5 Å². The summed E-state index contributed by atoms with van der Waals surface area (Å²) < 4.78 is 104. The van der Waals surface area contributed by atoms with Gasteiger partial charge < -0.3 is 23.9 Å². The van der Waals surface area contributed by atoms with Gasteiger partial charge in [0.2, 0.25) is 11.8 Å². The zero-order chi connectivity index (χ0) is 47.9. The van der Waals surface area contributed by atoms with Crippen molar-refractivity contribution < 1.29 is 59.9 Å². The summed E-state index contributed by atoms with van der Waals surface area (Å²) >= 11 is 2.03. The molecule has 0 aromatic heterocycles. The van der Waals surface area contributed by atoms with Crippen LogP contribution in [-0.2, 0) is 31.0 Å². The molecule has 7 rings (SSSR count). The van der Waals surface area contributed by atoms with Crippen molar-refractivity contribution in [2.75, 3.05) is 18.6 Å². The molecule has 0 radical (unpaired) electrons. The number of methoxy groups -OCH3 is 1. The standard InChI is InChI=1S/C49H51BF6INO7Si/c1-6-13-29(20-30-21-39(57)44(59)41(22-30)63-5)18-19-40-42-31(28-64-66(47(2,3)4,35-14-9-7-10-15-35)36-16-11-8-12-17-36)23-37-43(38(42)27-50(62)65-40)46(61)58(45(37)60)34-25-32(48(51,52)53)24-33(26-34)49(54,55)56/h7-12,14-17,20-22,24-26,37-38,40,43,59,62H,6,13,18-19,23,27-28H2,1-5H3/b29-20+/t37-,38+,40-,43-/m1/s1. The normalized spacial score (nSPS) is 20.8. The second-order valence-electron chi connectivity index (χ2n) is 18.2. The Bertz CT molecular complexity index is 2440. The maximum absolute atomic E-state index is 14.7. The number of nitrogens with zero attached hydrogens (tertiary/aromatic N) is 1. The number of carbonyl (C=O) groups excluding carboxylic acids is 2. The third-order valence-electron chi connectivity index (χ3n) is 13.0. The number of halogens is 7. The molecule has 4 atom stereocenters. The van der Waals surface area contributed by atoms with Gasteiger partial charge in [-0.15, -0.1) is 0 Å². The average molecular weight is 1050 g/mol. The van der Waals surface area contributed by atoms with Gasteiger partial charge in [0.1, 0.15) is 0 Å². The molecule has 8 nitrogen and oxygen atoms in total. The first kappa shape index (κ1) is 49.5. The van der Waals surface area contributed by atoms with E-state index in [1.165, 1.54) is 7.11 Å². The van der Waals surface area contributed by atoms with Crippen molar-refractivity contribution in [3.63, 3.8) is 0 Å². The van der Waals surface area contributed by atoms with Gasteiger partial charge in [-0.1, -0.05) is 106 Å². The van der Waals surface area contributed by atoms with Crippen molar-refractivity contribution in [1.82, 2.24) is 0 Å². The molecule has 350 valence electrons. The van der Waals surface area contributed by atoms with Crippen molar-refractivity contribution in [1.29, 1.82) is 0 Å². The van der Waals surface area contributed by atoms with Crippen LogP contribution in [-0.4, -0.2) is 57.2 Å². The molecule has 2 fully saturated rings. The number of alkyl halides is 6. The Labute approximate surface area is 395 Å². The van der Waals surface area contributed by atoms with Crippen LogP contribution in [0.3, 0.4) is 0 Å². The number of phenolic OH excluding ortho intramolecular Hbond substituents is 1. The average Bonchev–Trinajstić information content (AvgIpc) is 3.51. The Kier molecular flexibility index (Phi) is 14.5. The van der Waals surface area contributed by atoms with E-state index in [2.05, 4.69) is 20.8 Å². The third-order valence-corrected chi connectivity index (χ3v) is 18.8. The Balaban J connectivity index is 1.35. The van der Waals surface area contributed by atoms with E-state index in [-0.39, 0.29) is 31.2 Å². The number of ether oxygens (including phenoxy) is 1. The van der Waals surface area contributed by atoms with Crippen LogP contribution in [0.2, 0.25) is 11.4 Å². The third kappa shape index (κ3) is 9.78. The van der Waals surface area contributed by atoms with Crippen LogP contribution in [0.15, 0.2) is 108 Å². The summed E-state index contributed by atoms with van der Waals surface area (Å²) in [6, 6.07) is 24.0. The number of anilines is 1. The Morgan fingerprint density at radius 2 is 1.47 bits per heavy atom. The molecule has 2 aliphatic heterocycles. The first-order valence-electron chi connectivity index (χ1n) is 21.8. The lowest BCUT2D eigenvalue weighted by Crippen LogP contribution is -2.66. The van der Waals surface area contributed by atoms with Crippen LogP contribution in [0.4, 0.5) is 32.0 Å². The lowest BCUT2D eigenvalue weighted by molar-refractivity contribution is -0.143. The number of aromatic hydroxyl groups is 1. The summed E-state index contributed by atoms with van der Waals surface area (Å²) in [5, 5.41) is 23.4. The second kappa shape index (κ2) is 19.3. The molecule has 1 aliphatic carbocycles. The van der Waals surface area contributed by atoms with Gasteiger partial charge in [-0.2, -0.15) is 26.3 Å². The largest absolute Gasteiger partial charge is 0.504 e. The number of allylic oxidation sites excluding steroid dienone is 1. The molecule has 66 heavy (non-hydrogen) atoms. The summed E-state index contributed by atoms with van der Waals surface area (Å²) in [7, 11) is -3.20. The molecule has 0 unspecified atom stereocenters.